The summed E-state index contributed by atoms with van der Waals surface area (Å²) in [6.07, 6.45) is 2.95. The second-order valence-corrected chi connectivity index (χ2v) is 10.2. The summed E-state index contributed by atoms with van der Waals surface area (Å²) >= 11 is 0. The predicted octanol–water partition coefficient (Wildman–Crippen LogP) is 4.55. The highest BCUT2D eigenvalue weighted by molar-refractivity contribution is 5.94. The van der Waals surface area contributed by atoms with E-state index >= 15 is 0 Å². The predicted molar refractivity (Wildman–Crippen MR) is 141 cm³/mol. The molecule has 190 valence electrons. The lowest BCUT2D eigenvalue weighted by molar-refractivity contribution is 0.0545. The number of hydrogen-bond donors (Lipinski definition) is 0. The number of piperazine rings is 1. The van der Waals surface area contributed by atoms with Crippen LogP contribution in [-0.2, 0) is 12.8 Å². The number of aryl methyl sites for hydroxylation is 2. The van der Waals surface area contributed by atoms with Crippen molar-refractivity contribution in [1.82, 2.24) is 29.7 Å². The molecule has 0 bridgehead atoms. The molecule has 2 aromatic heterocycles. The van der Waals surface area contributed by atoms with Gasteiger partial charge in [-0.25, -0.2) is 4.68 Å². The second kappa shape index (κ2) is 9.59. The van der Waals surface area contributed by atoms with Crippen LogP contribution < -0.4 is 0 Å². The van der Waals surface area contributed by atoms with Gasteiger partial charge in [-0.3, -0.25) is 9.69 Å². The van der Waals surface area contributed by atoms with Gasteiger partial charge in [-0.2, -0.15) is 10.1 Å². The van der Waals surface area contributed by atoms with Crippen LogP contribution in [0.2, 0.25) is 0 Å². The molecule has 3 heterocycles. The van der Waals surface area contributed by atoms with Crippen molar-refractivity contribution in [3.8, 4) is 17.1 Å². The molecule has 1 unspecified atom stereocenters. The van der Waals surface area contributed by atoms with Crippen LogP contribution in [0.4, 0.5) is 0 Å². The van der Waals surface area contributed by atoms with E-state index in [1.54, 1.807) is 0 Å². The third kappa shape index (κ3) is 4.35. The standard InChI is InChI=1S/C29H32N6O2/c1-19-11-13-22(14-12-19)27-30-28(37-32-27)21(3)33-15-17-34(18-16-33)29(36)26-23-8-6-10-25(23)35(31-26)24-9-5-4-7-20(24)2/h4-5,7,9,11-14,21H,6,8,10,15-18H2,1-3H3. The molecule has 1 saturated heterocycles. The molecular weight excluding hydrogens is 464 g/mol. The maximum Gasteiger partial charge on any atom is 0.274 e. The highest BCUT2D eigenvalue weighted by Gasteiger charge is 2.33. The van der Waals surface area contributed by atoms with Crippen LogP contribution in [0.3, 0.4) is 0 Å². The Morgan fingerprint density at radius 2 is 1.73 bits per heavy atom. The van der Waals surface area contributed by atoms with E-state index in [1.165, 1.54) is 11.3 Å². The number of carbonyl (C=O) groups is 1. The molecule has 6 rings (SSSR count). The summed E-state index contributed by atoms with van der Waals surface area (Å²) < 4.78 is 7.62. The molecule has 8 nitrogen and oxygen atoms in total. The van der Waals surface area contributed by atoms with Crippen molar-refractivity contribution in [3.05, 3.63) is 82.5 Å². The molecule has 1 aliphatic heterocycles. The third-order valence-corrected chi connectivity index (χ3v) is 7.73. The van der Waals surface area contributed by atoms with Crippen LogP contribution in [0.25, 0.3) is 17.1 Å². The molecule has 8 heteroatoms. The Morgan fingerprint density at radius 3 is 2.49 bits per heavy atom. The fraction of sp³-hybridized carbons (Fsp3) is 0.379. The van der Waals surface area contributed by atoms with E-state index < -0.39 is 0 Å². The van der Waals surface area contributed by atoms with Gasteiger partial charge in [0.25, 0.3) is 5.91 Å². The second-order valence-electron chi connectivity index (χ2n) is 10.2. The monoisotopic (exact) mass is 496 g/mol. The van der Waals surface area contributed by atoms with Gasteiger partial charge in [-0.1, -0.05) is 53.2 Å². The van der Waals surface area contributed by atoms with Crippen molar-refractivity contribution < 1.29 is 9.32 Å². The maximum absolute atomic E-state index is 13.6. The number of fused-ring (bicyclic) bond motifs is 1. The number of aromatic nitrogens is 4. The zero-order chi connectivity index (χ0) is 25.5. The minimum absolute atomic E-state index is 0.0199. The first-order valence-electron chi connectivity index (χ1n) is 13.1. The molecular formula is C29H32N6O2. The van der Waals surface area contributed by atoms with Gasteiger partial charge in [0.15, 0.2) is 5.69 Å². The average Bonchev–Trinajstić information content (AvgIpc) is 3.66. The molecule has 2 aliphatic rings. The van der Waals surface area contributed by atoms with E-state index in [9.17, 15) is 4.79 Å². The van der Waals surface area contributed by atoms with Crippen LogP contribution in [0.15, 0.2) is 53.1 Å². The molecule has 0 saturated carbocycles. The summed E-state index contributed by atoms with van der Waals surface area (Å²) in [5, 5.41) is 9.05. The highest BCUT2D eigenvalue weighted by Crippen LogP contribution is 2.30. The molecule has 1 fully saturated rings. The normalized spacial score (nSPS) is 16.7. The number of nitrogens with zero attached hydrogens (tertiary/aromatic N) is 6. The van der Waals surface area contributed by atoms with Gasteiger partial charge >= 0.3 is 0 Å². The quantitative estimate of drug-likeness (QED) is 0.403. The molecule has 0 spiro atoms. The molecule has 4 aromatic rings. The van der Waals surface area contributed by atoms with Crippen molar-refractivity contribution in [2.45, 2.75) is 46.1 Å². The van der Waals surface area contributed by atoms with Crippen molar-refractivity contribution in [2.75, 3.05) is 26.2 Å². The number of amides is 1. The van der Waals surface area contributed by atoms with Crippen molar-refractivity contribution in [2.24, 2.45) is 0 Å². The smallest absolute Gasteiger partial charge is 0.274 e. The van der Waals surface area contributed by atoms with Gasteiger partial charge in [0.2, 0.25) is 11.7 Å². The Kier molecular flexibility index (Phi) is 6.12. The minimum atomic E-state index is -0.0199. The first kappa shape index (κ1) is 23.6. The van der Waals surface area contributed by atoms with Gasteiger partial charge < -0.3 is 9.42 Å². The van der Waals surface area contributed by atoms with E-state index in [-0.39, 0.29) is 11.9 Å². The van der Waals surface area contributed by atoms with Crippen molar-refractivity contribution >= 4 is 5.91 Å². The first-order valence-corrected chi connectivity index (χ1v) is 13.1. The van der Waals surface area contributed by atoms with Crippen molar-refractivity contribution in [3.63, 3.8) is 0 Å². The number of rotatable bonds is 5. The highest BCUT2D eigenvalue weighted by atomic mass is 16.5. The number of benzene rings is 2. The largest absolute Gasteiger partial charge is 0.337 e. The van der Waals surface area contributed by atoms with E-state index in [0.29, 0.717) is 30.5 Å². The van der Waals surface area contributed by atoms with Crippen LogP contribution >= 0.6 is 0 Å². The molecule has 2 aromatic carbocycles. The van der Waals surface area contributed by atoms with Gasteiger partial charge in [0.1, 0.15) is 0 Å². The zero-order valence-corrected chi connectivity index (χ0v) is 21.6. The maximum atomic E-state index is 13.6. The van der Waals surface area contributed by atoms with Gasteiger partial charge in [-0.05, 0) is 51.7 Å². The molecule has 1 atom stereocenters. The van der Waals surface area contributed by atoms with E-state index in [4.69, 9.17) is 9.62 Å². The summed E-state index contributed by atoms with van der Waals surface area (Å²) in [7, 11) is 0. The Balaban J connectivity index is 1.15. The number of carbonyl (C=O) groups excluding carboxylic acids is 1. The van der Waals surface area contributed by atoms with Gasteiger partial charge in [-0.15, -0.1) is 0 Å². The Bertz CT molecular complexity index is 1430. The van der Waals surface area contributed by atoms with Crippen molar-refractivity contribution in [1.29, 1.82) is 0 Å². The summed E-state index contributed by atoms with van der Waals surface area (Å²) in [6.45, 7) is 9.02. The molecule has 0 radical (unpaired) electrons. The molecule has 1 amide bonds. The number of para-hydroxylation sites is 1. The molecule has 0 N–H and O–H groups in total. The van der Waals surface area contributed by atoms with Gasteiger partial charge in [0.05, 0.1) is 11.7 Å². The lowest BCUT2D eigenvalue weighted by Crippen LogP contribution is -2.49. The summed E-state index contributed by atoms with van der Waals surface area (Å²) in [5.74, 6) is 1.25. The first-order chi connectivity index (χ1) is 18.0. The van der Waals surface area contributed by atoms with E-state index in [1.807, 2.05) is 46.0 Å². The van der Waals surface area contributed by atoms with Crippen LogP contribution in [-0.4, -0.2) is 61.8 Å². The minimum Gasteiger partial charge on any atom is -0.337 e. The van der Waals surface area contributed by atoms with Gasteiger partial charge in [0, 0.05) is 43.0 Å². The fourth-order valence-corrected chi connectivity index (χ4v) is 5.45. The van der Waals surface area contributed by atoms with Crippen LogP contribution in [0.5, 0.6) is 0 Å². The topological polar surface area (TPSA) is 80.3 Å². The van der Waals surface area contributed by atoms with Crippen LogP contribution in [0.1, 0.15) is 58.1 Å². The van der Waals surface area contributed by atoms with E-state index in [0.717, 1.165) is 54.7 Å². The van der Waals surface area contributed by atoms with Crippen LogP contribution in [0, 0.1) is 13.8 Å². The summed E-state index contributed by atoms with van der Waals surface area (Å²) in [6, 6.07) is 16.3. The molecule has 1 aliphatic carbocycles. The average molecular weight is 497 g/mol. The lowest BCUT2D eigenvalue weighted by Gasteiger charge is -2.36. The van der Waals surface area contributed by atoms with E-state index in [2.05, 4.69) is 47.9 Å². The zero-order valence-electron chi connectivity index (χ0n) is 21.6. The Labute approximate surface area is 216 Å². The fourth-order valence-electron chi connectivity index (χ4n) is 5.45. The lowest BCUT2D eigenvalue weighted by atomic mass is 10.1. The Morgan fingerprint density at radius 1 is 0.973 bits per heavy atom. The number of hydrogen-bond acceptors (Lipinski definition) is 6. The molecule has 37 heavy (non-hydrogen) atoms. The third-order valence-electron chi connectivity index (χ3n) is 7.73. The summed E-state index contributed by atoms with van der Waals surface area (Å²) in [4.78, 5) is 22.5. The Hall–Kier alpha value is -3.78. The SMILES string of the molecule is Cc1ccc(-c2noc(C(C)N3CCN(C(=O)c4nn(-c5ccccc5C)c5c4CCC5)CC3)n2)cc1. The summed E-state index contributed by atoms with van der Waals surface area (Å²) in [5.41, 5.74) is 7.29.